The zero-order valence-electron chi connectivity index (χ0n) is 12.9. The van der Waals surface area contributed by atoms with Gasteiger partial charge in [-0.1, -0.05) is 45.0 Å². The second-order valence-corrected chi connectivity index (χ2v) is 5.90. The van der Waals surface area contributed by atoms with E-state index in [4.69, 9.17) is 9.47 Å². The number of benzene rings is 2. The molecule has 0 saturated heterocycles. The summed E-state index contributed by atoms with van der Waals surface area (Å²) in [6, 6.07) is 14.4. The predicted octanol–water partition coefficient (Wildman–Crippen LogP) is 4.67. The molecule has 0 spiro atoms. The molecule has 0 heterocycles. The van der Waals surface area contributed by atoms with Crippen LogP contribution in [0.4, 0.5) is 0 Å². The van der Waals surface area contributed by atoms with E-state index in [2.05, 4.69) is 45.0 Å². The first kappa shape index (κ1) is 14.4. The van der Waals surface area contributed by atoms with Crippen molar-refractivity contribution in [3.63, 3.8) is 0 Å². The molecule has 2 aromatic carbocycles. The highest BCUT2D eigenvalue weighted by atomic mass is 16.5. The topological polar surface area (TPSA) is 18.5 Å². The molecular weight excluding hydrogens is 248 g/mol. The maximum absolute atomic E-state index is 5.56. The molecule has 20 heavy (non-hydrogen) atoms. The van der Waals surface area contributed by atoms with Gasteiger partial charge in [0.15, 0.2) is 0 Å². The van der Waals surface area contributed by atoms with Crippen LogP contribution in [0.2, 0.25) is 0 Å². The Hall–Kier alpha value is -1.96. The molecular formula is C18H22O2. The Balaban J connectivity index is 2.48. The molecule has 0 aromatic heterocycles. The van der Waals surface area contributed by atoms with E-state index in [1.54, 1.807) is 14.2 Å². The van der Waals surface area contributed by atoms with E-state index in [9.17, 15) is 0 Å². The molecule has 0 saturated carbocycles. The van der Waals surface area contributed by atoms with Crippen molar-refractivity contribution in [3.8, 4) is 22.6 Å². The fraction of sp³-hybridized carbons (Fsp3) is 0.333. The Kier molecular flexibility index (Phi) is 4.03. The van der Waals surface area contributed by atoms with Crippen LogP contribution < -0.4 is 9.47 Å². The van der Waals surface area contributed by atoms with E-state index in [1.165, 1.54) is 5.56 Å². The SMILES string of the molecule is COc1cccc(-c2ccc(C(C)(C)C)c(OC)c2)c1. The van der Waals surface area contributed by atoms with Crippen molar-refractivity contribution < 1.29 is 9.47 Å². The van der Waals surface area contributed by atoms with E-state index < -0.39 is 0 Å². The van der Waals surface area contributed by atoms with Crippen LogP contribution in [0.5, 0.6) is 11.5 Å². The van der Waals surface area contributed by atoms with Gasteiger partial charge in [-0.15, -0.1) is 0 Å². The van der Waals surface area contributed by atoms with Crippen molar-refractivity contribution in [2.75, 3.05) is 14.2 Å². The minimum Gasteiger partial charge on any atom is -0.497 e. The molecule has 2 nitrogen and oxygen atoms in total. The molecule has 2 heteroatoms. The van der Waals surface area contributed by atoms with Crippen LogP contribution in [0.3, 0.4) is 0 Å². The van der Waals surface area contributed by atoms with E-state index in [0.717, 1.165) is 22.6 Å². The highest BCUT2D eigenvalue weighted by Crippen LogP contribution is 2.35. The third kappa shape index (κ3) is 2.96. The summed E-state index contributed by atoms with van der Waals surface area (Å²) in [6.45, 7) is 6.57. The molecule has 0 amide bonds. The number of hydrogen-bond acceptors (Lipinski definition) is 2. The zero-order valence-corrected chi connectivity index (χ0v) is 12.9. The summed E-state index contributed by atoms with van der Waals surface area (Å²) in [7, 11) is 3.41. The van der Waals surface area contributed by atoms with Gasteiger partial charge in [-0.3, -0.25) is 0 Å². The number of rotatable bonds is 3. The Morgan fingerprint density at radius 1 is 0.800 bits per heavy atom. The van der Waals surface area contributed by atoms with Crippen molar-refractivity contribution in [1.82, 2.24) is 0 Å². The van der Waals surface area contributed by atoms with Crippen LogP contribution in [0.25, 0.3) is 11.1 Å². The summed E-state index contributed by atoms with van der Waals surface area (Å²) < 4.78 is 10.8. The molecule has 106 valence electrons. The third-order valence-corrected chi connectivity index (χ3v) is 3.41. The first-order valence-electron chi connectivity index (χ1n) is 6.78. The second kappa shape index (κ2) is 5.58. The van der Waals surface area contributed by atoms with Crippen LogP contribution >= 0.6 is 0 Å². The van der Waals surface area contributed by atoms with Gasteiger partial charge in [0.25, 0.3) is 0 Å². The Morgan fingerprint density at radius 3 is 2.10 bits per heavy atom. The van der Waals surface area contributed by atoms with Crippen molar-refractivity contribution >= 4 is 0 Å². The van der Waals surface area contributed by atoms with Gasteiger partial charge in [-0.05, 0) is 40.3 Å². The lowest BCUT2D eigenvalue weighted by Crippen LogP contribution is -2.12. The summed E-state index contributed by atoms with van der Waals surface area (Å²) >= 11 is 0. The molecule has 2 aromatic rings. The highest BCUT2D eigenvalue weighted by Gasteiger charge is 2.19. The average molecular weight is 270 g/mol. The number of hydrogen-bond donors (Lipinski definition) is 0. The number of ether oxygens (including phenoxy) is 2. The minimum absolute atomic E-state index is 0.0677. The summed E-state index contributed by atoms with van der Waals surface area (Å²) in [5, 5.41) is 0. The fourth-order valence-corrected chi connectivity index (χ4v) is 2.29. The normalized spacial score (nSPS) is 11.2. The van der Waals surface area contributed by atoms with E-state index >= 15 is 0 Å². The van der Waals surface area contributed by atoms with Gasteiger partial charge in [0.05, 0.1) is 14.2 Å². The molecule has 0 bridgehead atoms. The van der Waals surface area contributed by atoms with Gasteiger partial charge in [-0.25, -0.2) is 0 Å². The first-order valence-corrected chi connectivity index (χ1v) is 6.78. The fourth-order valence-electron chi connectivity index (χ4n) is 2.29. The molecule has 2 rings (SSSR count). The van der Waals surface area contributed by atoms with Crippen LogP contribution in [0.15, 0.2) is 42.5 Å². The number of methoxy groups -OCH3 is 2. The van der Waals surface area contributed by atoms with Crippen molar-refractivity contribution in [3.05, 3.63) is 48.0 Å². The molecule has 0 atom stereocenters. The molecule has 0 radical (unpaired) electrons. The van der Waals surface area contributed by atoms with E-state index in [1.807, 2.05) is 18.2 Å². The molecule has 0 unspecified atom stereocenters. The summed E-state index contributed by atoms with van der Waals surface area (Å²) in [5.41, 5.74) is 3.54. The quantitative estimate of drug-likeness (QED) is 0.807. The zero-order chi connectivity index (χ0) is 14.8. The van der Waals surface area contributed by atoms with Gasteiger partial charge in [0.2, 0.25) is 0 Å². The van der Waals surface area contributed by atoms with E-state index in [-0.39, 0.29) is 5.41 Å². The van der Waals surface area contributed by atoms with Gasteiger partial charge in [0, 0.05) is 0 Å². The third-order valence-electron chi connectivity index (χ3n) is 3.41. The van der Waals surface area contributed by atoms with Crippen molar-refractivity contribution in [2.45, 2.75) is 26.2 Å². The Morgan fingerprint density at radius 2 is 1.50 bits per heavy atom. The molecule has 0 aliphatic heterocycles. The second-order valence-electron chi connectivity index (χ2n) is 5.90. The van der Waals surface area contributed by atoms with Gasteiger partial charge >= 0.3 is 0 Å². The maximum atomic E-state index is 5.56. The smallest absolute Gasteiger partial charge is 0.123 e. The predicted molar refractivity (Wildman–Crippen MR) is 83.7 cm³/mol. The van der Waals surface area contributed by atoms with Crippen molar-refractivity contribution in [1.29, 1.82) is 0 Å². The summed E-state index contributed by atoms with van der Waals surface area (Å²) in [4.78, 5) is 0. The molecule has 0 fully saturated rings. The Bertz CT molecular complexity index is 595. The standard InChI is InChI=1S/C18H22O2/c1-18(2,3)16-10-9-14(12-17(16)20-5)13-7-6-8-15(11-13)19-4/h6-12H,1-5H3. The van der Waals surface area contributed by atoms with Crippen LogP contribution in [-0.2, 0) is 5.41 Å². The average Bonchev–Trinajstić information content (AvgIpc) is 2.45. The van der Waals surface area contributed by atoms with Crippen LogP contribution in [0.1, 0.15) is 26.3 Å². The van der Waals surface area contributed by atoms with Crippen molar-refractivity contribution in [2.24, 2.45) is 0 Å². The monoisotopic (exact) mass is 270 g/mol. The molecule has 0 aliphatic carbocycles. The minimum atomic E-state index is 0.0677. The van der Waals surface area contributed by atoms with Crippen LogP contribution in [0, 0.1) is 0 Å². The summed E-state index contributed by atoms with van der Waals surface area (Å²) in [6.07, 6.45) is 0. The Labute approximate surface area is 121 Å². The molecule has 0 N–H and O–H groups in total. The lowest BCUT2D eigenvalue weighted by Gasteiger charge is -2.22. The van der Waals surface area contributed by atoms with Gasteiger partial charge < -0.3 is 9.47 Å². The van der Waals surface area contributed by atoms with E-state index in [0.29, 0.717) is 0 Å². The lowest BCUT2D eigenvalue weighted by atomic mass is 9.85. The highest BCUT2D eigenvalue weighted by molar-refractivity contribution is 5.68. The molecule has 0 aliphatic rings. The maximum Gasteiger partial charge on any atom is 0.123 e. The van der Waals surface area contributed by atoms with Gasteiger partial charge in [-0.2, -0.15) is 0 Å². The van der Waals surface area contributed by atoms with Gasteiger partial charge in [0.1, 0.15) is 11.5 Å². The largest absolute Gasteiger partial charge is 0.497 e. The van der Waals surface area contributed by atoms with Crippen LogP contribution in [-0.4, -0.2) is 14.2 Å². The first-order chi connectivity index (χ1) is 9.45. The lowest BCUT2D eigenvalue weighted by molar-refractivity contribution is 0.398. The summed E-state index contributed by atoms with van der Waals surface area (Å²) in [5.74, 6) is 1.79.